The monoisotopic (exact) mass is 359 g/mol. The van der Waals surface area contributed by atoms with Crippen molar-refractivity contribution in [2.45, 2.75) is 20.8 Å². The lowest BCUT2D eigenvalue weighted by Gasteiger charge is -2.11. The maximum Gasteiger partial charge on any atom is 0.338 e. The molecule has 0 saturated heterocycles. The number of anilines is 2. The van der Waals surface area contributed by atoms with Crippen LogP contribution in [0.1, 0.15) is 28.4 Å². The Bertz CT molecular complexity index is 859. The van der Waals surface area contributed by atoms with Crippen LogP contribution in [0.4, 0.5) is 22.7 Å². The van der Waals surface area contributed by atoms with Crippen molar-refractivity contribution in [3.8, 4) is 0 Å². The molecule has 0 aliphatic rings. The molecular weight excluding hydrogens is 342 g/mol. The SMILES string of the molecule is CCOC(=O)c1cc([N+](=O)[O-])c(Nc2ccc(C)c(C)c2)c([N+](=O)[O-])c1. The van der Waals surface area contributed by atoms with Crippen LogP contribution in [0.2, 0.25) is 0 Å². The molecule has 0 unspecified atom stereocenters. The normalized spacial score (nSPS) is 10.3. The van der Waals surface area contributed by atoms with Crippen molar-refractivity contribution in [2.75, 3.05) is 11.9 Å². The van der Waals surface area contributed by atoms with E-state index in [1.165, 1.54) is 0 Å². The van der Waals surface area contributed by atoms with Crippen molar-refractivity contribution >= 4 is 28.7 Å². The molecule has 2 rings (SSSR count). The van der Waals surface area contributed by atoms with E-state index in [4.69, 9.17) is 4.74 Å². The predicted molar refractivity (Wildman–Crippen MR) is 94.9 cm³/mol. The summed E-state index contributed by atoms with van der Waals surface area (Å²) in [6.45, 7) is 5.37. The Morgan fingerprint density at radius 3 is 2.08 bits per heavy atom. The molecule has 0 fully saturated rings. The van der Waals surface area contributed by atoms with Crippen LogP contribution in [0.25, 0.3) is 0 Å². The number of nitrogens with zero attached hydrogens (tertiary/aromatic N) is 2. The Morgan fingerprint density at radius 1 is 1.04 bits per heavy atom. The molecule has 0 saturated carbocycles. The minimum atomic E-state index is -0.864. The fourth-order valence-corrected chi connectivity index (χ4v) is 2.32. The van der Waals surface area contributed by atoms with Crippen LogP contribution in [0.3, 0.4) is 0 Å². The van der Waals surface area contributed by atoms with Gasteiger partial charge in [-0.05, 0) is 44.0 Å². The van der Waals surface area contributed by atoms with Crippen molar-refractivity contribution in [1.82, 2.24) is 0 Å². The fraction of sp³-hybridized carbons (Fsp3) is 0.235. The maximum atomic E-state index is 11.9. The molecule has 0 amide bonds. The molecule has 2 aromatic rings. The molecule has 0 aliphatic heterocycles. The van der Waals surface area contributed by atoms with Gasteiger partial charge >= 0.3 is 17.3 Å². The van der Waals surface area contributed by atoms with Gasteiger partial charge in [-0.25, -0.2) is 4.79 Å². The van der Waals surface area contributed by atoms with Gasteiger partial charge in [0.05, 0.1) is 22.0 Å². The van der Waals surface area contributed by atoms with E-state index in [0.29, 0.717) is 5.69 Å². The van der Waals surface area contributed by atoms with Crippen molar-refractivity contribution in [3.05, 3.63) is 67.3 Å². The first-order chi connectivity index (χ1) is 12.2. The van der Waals surface area contributed by atoms with Crippen LogP contribution < -0.4 is 5.32 Å². The number of nitrogens with one attached hydrogen (secondary N) is 1. The second kappa shape index (κ2) is 7.60. The lowest BCUT2D eigenvalue weighted by molar-refractivity contribution is -0.392. The van der Waals surface area contributed by atoms with Gasteiger partial charge in [0, 0.05) is 17.8 Å². The van der Waals surface area contributed by atoms with Gasteiger partial charge in [-0.3, -0.25) is 20.2 Å². The van der Waals surface area contributed by atoms with E-state index in [9.17, 15) is 25.0 Å². The number of rotatable bonds is 6. The molecule has 136 valence electrons. The van der Waals surface area contributed by atoms with Crippen LogP contribution in [0.5, 0.6) is 0 Å². The number of esters is 1. The third-order valence-corrected chi connectivity index (χ3v) is 3.78. The topological polar surface area (TPSA) is 125 Å². The number of hydrogen-bond acceptors (Lipinski definition) is 7. The fourth-order valence-electron chi connectivity index (χ4n) is 2.32. The van der Waals surface area contributed by atoms with Crippen LogP contribution >= 0.6 is 0 Å². The van der Waals surface area contributed by atoms with E-state index < -0.39 is 27.2 Å². The average molecular weight is 359 g/mol. The highest BCUT2D eigenvalue weighted by molar-refractivity contribution is 5.94. The quantitative estimate of drug-likeness (QED) is 0.469. The number of carbonyl (C=O) groups is 1. The predicted octanol–water partition coefficient (Wildman–Crippen LogP) is 4.04. The van der Waals surface area contributed by atoms with Crippen LogP contribution in [0.15, 0.2) is 30.3 Å². The standard InChI is InChI=1S/C17H17N3O6/c1-4-26-17(21)12-8-14(19(22)23)16(15(9-12)20(24)25)18-13-6-5-10(2)11(3)7-13/h5-9,18H,4H2,1-3H3. The highest BCUT2D eigenvalue weighted by Gasteiger charge is 2.29. The Morgan fingerprint density at radius 2 is 1.62 bits per heavy atom. The molecule has 9 heteroatoms. The summed E-state index contributed by atoms with van der Waals surface area (Å²) < 4.78 is 4.78. The second-order valence-electron chi connectivity index (χ2n) is 5.55. The van der Waals surface area contributed by atoms with Crippen LogP contribution in [-0.2, 0) is 4.74 Å². The Labute approximate surface area is 148 Å². The van der Waals surface area contributed by atoms with E-state index in [1.807, 2.05) is 13.8 Å². The van der Waals surface area contributed by atoms with E-state index in [1.54, 1.807) is 25.1 Å². The average Bonchev–Trinajstić information content (AvgIpc) is 2.58. The molecule has 26 heavy (non-hydrogen) atoms. The molecule has 0 radical (unpaired) electrons. The number of nitro groups is 2. The number of nitro benzene ring substituents is 2. The summed E-state index contributed by atoms with van der Waals surface area (Å²) in [5.41, 5.74) is 0.678. The Balaban J connectivity index is 2.62. The molecule has 1 N–H and O–H groups in total. The minimum absolute atomic E-state index is 0.0447. The van der Waals surface area contributed by atoms with Gasteiger partial charge < -0.3 is 10.1 Å². The lowest BCUT2D eigenvalue weighted by atomic mass is 10.1. The summed E-state index contributed by atoms with van der Waals surface area (Å²) in [6, 6.07) is 7.11. The van der Waals surface area contributed by atoms with Gasteiger partial charge in [0.1, 0.15) is 0 Å². The molecule has 0 heterocycles. The molecule has 0 aromatic heterocycles. The van der Waals surface area contributed by atoms with Gasteiger partial charge in [0.15, 0.2) is 5.69 Å². The third-order valence-electron chi connectivity index (χ3n) is 3.78. The van der Waals surface area contributed by atoms with Crippen LogP contribution in [-0.4, -0.2) is 22.4 Å². The molecule has 0 atom stereocenters. The van der Waals surface area contributed by atoms with Crippen LogP contribution in [0, 0.1) is 34.1 Å². The first-order valence-electron chi connectivity index (χ1n) is 7.72. The highest BCUT2D eigenvalue weighted by atomic mass is 16.6. The van der Waals surface area contributed by atoms with Crippen molar-refractivity contribution in [1.29, 1.82) is 0 Å². The minimum Gasteiger partial charge on any atom is -0.462 e. The highest BCUT2D eigenvalue weighted by Crippen LogP contribution is 2.38. The number of aryl methyl sites for hydroxylation is 2. The van der Waals surface area contributed by atoms with Crippen molar-refractivity contribution in [2.24, 2.45) is 0 Å². The summed E-state index contributed by atoms with van der Waals surface area (Å²) in [5, 5.41) is 25.6. The third kappa shape index (κ3) is 3.94. The molecule has 2 aromatic carbocycles. The summed E-state index contributed by atoms with van der Waals surface area (Å²) in [6.07, 6.45) is 0. The molecule has 9 nitrogen and oxygen atoms in total. The molecule has 0 aliphatic carbocycles. The van der Waals surface area contributed by atoms with Crippen molar-refractivity contribution in [3.63, 3.8) is 0 Å². The molecule has 0 spiro atoms. The zero-order valence-corrected chi connectivity index (χ0v) is 14.4. The maximum absolute atomic E-state index is 11.9. The van der Waals surface area contributed by atoms with Gasteiger partial charge in [-0.1, -0.05) is 6.07 Å². The first-order valence-corrected chi connectivity index (χ1v) is 7.72. The Kier molecular flexibility index (Phi) is 5.51. The van der Waals surface area contributed by atoms with Gasteiger partial charge in [-0.15, -0.1) is 0 Å². The second-order valence-corrected chi connectivity index (χ2v) is 5.55. The van der Waals surface area contributed by atoms with Gasteiger partial charge in [0.25, 0.3) is 0 Å². The van der Waals surface area contributed by atoms with Gasteiger partial charge in [-0.2, -0.15) is 0 Å². The van der Waals surface area contributed by atoms with E-state index in [-0.39, 0.29) is 17.9 Å². The number of benzene rings is 2. The molecule has 0 bridgehead atoms. The van der Waals surface area contributed by atoms with E-state index >= 15 is 0 Å². The first kappa shape index (κ1) is 18.8. The zero-order chi connectivity index (χ0) is 19.4. The van der Waals surface area contributed by atoms with E-state index in [2.05, 4.69) is 5.32 Å². The summed E-state index contributed by atoms with van der Waals surface area (Å²) in [4.78, 5) is 33.2. The molecular formula is C17H17N3O6. The lowest BCUT2D eigenvalue weighted by Crippen LogP contribution is -2.08. The van der Waals surface area contributed by atoms with E-state index in [0.717, 1.165) is 23.3 Å². The van der Waals surface area contributed by atoms with Gasteiger partial charge in [0.2, 0.25) is 0 Å². The zero-order valence-electron chi connectivity index (χ0n) is 14.4. The smallest absolute Gasteiger partial charge is 0.338 e. The summed E-state index contributed by atoms with van der Waals surface area (Å²) >= 11 is 0. The number of carbonyl (C=O) groups excluding carboxylic acids is 1. The largest absolute Gasteiger partial charge is 0.462 e. The summed E-state index contributed by atoms with van der Waals surface area (Å²) in [7, 11) is 0. The summed E-state index contributed by atoms with van der Waals surface area (Å²) in [5.74, 6) is -0.864. The number of hydrogen-bond donors (Lipinski definition) is 1. The number of ether oxygens (including phenoxy) is 1. The van der Waals surface area contributed by atoms with Crippen molar-refractivity contribution < 1.29 is 19.4 Å². The Hall–Kier alpha value is -3.49.